The first kappa shape index (κ1) is 12.8. The van der Waals surface area contributed by atoms with Crippen molar-refractivity contribution < 1.29 is 5.11 Å². The van der Waals surface area contributed by atoms with E-state index < -0.39 is 0 Å². The average Bonchev–Trinajstić information content (AvgIpc) is 2.56. The van der Waals surface area contributed by atoms with Crippen LogP contribution in [0.5, 0.6) is 0 Å². The molecule has 3 heteroatoms. The maximum atomic E-state index is 9.48. The molecule has 1 atom stereocenters. The van der Waals surface area contributed by atoms with Gasteiger partial charge in [-0.1, -0.05) is 0 Å². The lowest BCUT2D eigenvalue weighted by molar-refractivity contribution is 0.194. The van der Waals surface area contributed by atoms with Crippen molar-refractivity contribution in [2.45, 2.75) is 40.2 Å². The molecule has 0 bridgehead atoms. The first-order valence-corrected chi connectivity index (χ1v) is 6.28. The Morgan fingerprint density at radius 3 is 2.33 bits per heavy atom. The molecule has 18 heavy (non-hydrogen) atoms. The van der Waals surface area contributed by atoms with Gasteiger partial charge in [-0.15, -0.1) is 0 Å². The number of rotatable bonds is 3. The van der Waals surface area contributed by atoms with Crippen molar-refractivity contribution in [2.24, 2.45) is 0 Å². The summed E-state index contributed by atoms with van der Waals surface area (Å²) in [5, 5.41) is 9.48. The number of aliphatic hydroxyl groups is 1. The summed E-state index contributed by atoms with van der Waals surface area (Å²) in [6, 6.07) is 8.29. The Hall–Kier alpha value is -1.61. The summed E-state index contributed by atoms with van der Waals surface area (Å²) in [6.07, 6.45) is 0.229. The lowest BCUT2D eigenvalue weighted by Crippen LogP contribution is -2.09. The minimum absolute atomic E-state index is 0.362. The molecule has 0 fully saturated rings. The fourth-order valence-corrected chi connectivity index (χ4v) is 2.27. The fraction of sp³-hybridized carbons (Fsp3) is 0.400. The van der Waals surface area contributed by atoms with Crippen LogP contribution in [0.3, 0.4) is 0 Å². The minimum Gasteiger partial charge on any atom is -0.393 e. The van der Waals surface area contributed by atoms with Crippen LogP contribution in [0.25, 0.3) is 5.82 Å². The monoisotopic (exact) mass is 244 g/mol. The topological polar surface area (TPSA) is 38.1 Å². The largest absolute Gasteiger partial charge is 0.393 e. The van der Waals surface area contributed by atoms with Crippen molar-refractivity contribution in [2.75, 3.05) is 0 Å². The second-order valence-electron chi connectivity index (χ2n) is 5.00. The van der Waals surface area contributed by atoms with Gasteiger partial charge in [0, 0.05) is 23.5 Å². The molecule has 1 unspecified atom stereocenters. The van der Waals surface area contributed by atoms with Gasteiger partial charge in [0.05, 0.1) is 6.10 Å². The first-order chi connectivity index (χ1) is 8.47. The summed E-state index contributed by atoms with van der Waals surface area (Å²) in [6.45, 7) is 8.00. The van der Waals surface area contributed by atoms with Gasteiger partial charge in [-0.25, -0.2) is 4.98 Å². The molecular formula is C15H20N2O. The van der Waals surface area contributed by atoms with E-state index in [0.717, 1.165) is 11.5 Å². The number of nitrogens with zero attached hydrogens (tertiary/aromatic N) is 2. The fourth-order valence-electron chi connectivity index (χ4n) is 2.27. The van der Waals surface area contributed by atoms with E-state index in [9.17, 15) is 5.11 Å². The quantitative estimate of drug-likeness (QED) is 0.901. The lowest BCUT2D eigenvalue weighted by atomic mass is 10.1. The average molecular weight is 244 g/mol. The van der Waals surface area contributed by atoms with Crippen LogP contribution >= 0.6 is 0 Å². The van der Waals surface area contributed by atoms with E-state index in [-0.39, 0.29) is 6.10 Å². The Morgan fingerprint density at radius 1 is 1.17 bits per heavy atom. The number of hydrogen-bond donors (Lipinski definition) is 1. The summed E-state index contributed by atoms with van der Waals surface area (Å²) < 4.78 is 2.14. The highest BCUT2D eigenvalue weighted by Gasteiger charge is 2.08. The first-order valence-electron chi connectivity index (χ1n) is 6.28. The Labute approximate surface area is 108 Å². The van der Waals surface area contributed by atoms with Crippen molar-refractivity contribution in [3.8, 4) is 5.82 Å². The summed E-state index contributed by atoms with van der Waals surface area (Å²) in [4.78, 5) is 4.64. The molecule has 0 amide bonds. The van der Waals surface area contributed by atoms with E-state index in [1.165, 1.54) is 17.0 Å². The lowest BCUT2D eigenvalue weighted by Gasteiger charge is -2.12. The number of pyridine rings is 1. The maximum absolute atomic E-state index is 9.48. The van der Waals surface area contributed by atoms with Crippen molar-refractivity contribution in [3.05, 3.63) is 46.9 Å². The van der Waals surface area contributed by atoms with Gasteiger partial charge < -0.3 is 9.67 Å². The van der Waals surface area contributed by atoms with E-state index in [4.69, 9.17) is 0 Å². The zero-order chi connectivity index (χ0) is 13.3. The molecule has 2 heterocycles. The Balaban J connectivity index is 2.48. The highest BCUT2D eigenvalue weighted by atomic mass is 16.3. The third-order valence-electron chi connectivity index (χ3n) is 3.01. The third-order valence-corrected chi connectivity index (χ3v) is 3.01. The van der Waals surface area contributed by atoms with Gasteiger partial charge in [-0.2, -0.15) is 0 Å². The predicted molar refractivity (Wildman–Crippen MR) is 73.2 cm³/mol. The molecule has 2 aromatic rings. The molecule has 3 nitrogen and oxygen atoms in total. The van der Waals surface area contributed by atoms with Crippen LogP contribution in [0.2, 0.25) is 0 Å². The molecule has 0 aliphatic carbocycles. The number of aromatic nitrogens is 2. The summed E-state index contributed by atoms with van der Waals surface area (Å²) in [5.74, 6) is 0.936. The standard InChI is InChI=1S/C15H20N2O/c1-10-7-14(9-13(4)18)16-15(8-10)17-11(2)5-6-12(17)3/h5-8,13,18H,9H2,1-4H3. The van der Waals surface area contributed by atoms with Gasteiger partial charge in [0.15, 0.2) is 0 Å². The van der Waals surface area contributed by atoms with Gasteiger partial charge in [-0.05, 0) is 57.5 Å². The molecule has 1 N–H and O–H groups in total. The van der Waals surface area contributed by atoms with Gasteiger partial charge in [0.1, 0.15) is 5.82 Å². The van der Waals surface area contributed by atoms with Crippen molar-refractivity contribution in [3.63, 3.8) is 0 Å². The van der Waals surface area contributed by atoms with Gasteiger partial charge in [-0.3, -0.25) is 0 Å². The summed E-state index contributed by atoms with van der Waals surface area (Å²) in [7, 11) is 0. The molecule has 0 aliphatic rings. The van der Waals surface area contributed by atoms with Crippen LogP contribution in [0.15, 0.2) is 24.3 Å². The third kappa shape index (κ3) is 2.62. The van der Waals surface area contributed by atoms with Crippen molar-refractivity contribution in [1.29, 1.82) is 0 Å². The van der Waals surface area contributed by atoms with E-state index in [2.05, 4.69) is 48.5 Å². The normalized spacial score (nSPS) is 12.7. The SMILES string of the molecule is Cc1cc(CC(C)O)nc(-n2c(C)ccc2C)c1. The highest BCUT2D eigenvalue weighted by Crippen LogP contribution is 2.17. The molecule has 96 valence electrons. The predicted octanol–water partition coefficient (Wildman–Crippen LogP) is 2.72. The highest BCUT2D eigenvalue weighted by molar-refractivity contribution is 5.35. The zero-order valence-corrected chi connectivity index (χ0v) is 11.4. The van der Waals surface area contributed by atoms with Crippen LogP contribution in [0.1, 0.15) is 29.6 Å². The molecule has 0 aliphatic heterocycles. The summed E-state index contributed by atoms with van der Waals surface area (Å²) >= 11 is 0. The van der Waals surface area contributed by atoms with Crippen LogP contribution in [-0.2, 0) is 6.42 Å². The zero-order valence-electron chi connectivity index (χ0n) is 11.4. The molecule has 0 saturated carbocycles. The molecule has 0 saturated heterocycles. The number of aryl methyl sites for hydroxylation is 3. The van der Waals surface area contributed by atoms with Gasteiger partial charge in [0.2, 0.25) is 0 Å². The molecular weight excluding hydrogens is 224 g/mol. The van der Waals surface area contributed by atoms with E-state index in [1.807, 2.05) is 6.07 Å². The molecule has 0 aromatic carbocycles. The summed E-state index contributed by atoms with van der Waals surface area (Å²) in [5.41, 5.74) is 4.46. The molecule has 0 radical (unpaired) electrons. The van der Waals surface area contributed by atoms with Crippen LogP contribution in [-0.4, -0.2) is 20.8 Å². The van der Waals surface area contributed by atoms with E-state index >= 15 is 0 Å². The Bertz CT molecular complexity index is 536. The second-order valence-corrected chi connectivity index (χ2v) is 5.00. The number of hydrogen-bond acceptors (Lipinski definition) is 2. The second kappa shape index (κ2) is 4.94. The van der Waals surface area contributed by atoms with Crippen LogP contribution in [0, 0.1) is 20.8 Å². The van der Waals surface area contributed by atoms with Crippen LogP contribution < -0.4 is 0 Å². The molecule has 0 spiro atoms. The van der Waals surface area contributed by atoms with Gasteiger partial charge >= 0.3 is 0 Å². The minimum atomic E-state index is -0.362. The van der Waals surface area contributed by atoms with Crippen molar-refractivity contribution in [1.82, 2.24) is 9.55 Å². The van der Waals surface area contributed by atoms with E-state index in [1.54, 1.807) is 6.92 Å². The van der Waals surface area contributed by atoms with Crippen molar-refractivity contribution >= 4 is 0 Å². The maximum Gasteiger partial charge on any atom is 0.137 e. The van der Waals surface area contributed by atoms with Gasteiger partial charge in [0.25, 0.3) is 0 Å². The Morgan fingerprint density at radius 2 is 1.78 bits per heavy atom. The molecule has 2 aromatic heterocycles. The number of aliphatic hydroxyl groups excluding tert-OH is 1. The van der Waals surface area contributed by atoms with Crippen LogP contribution in [0.4, 0.5) is 0 Å². The Kier molecular flexibility index (Phi) is 3.53. The van der Waals surface area contributed by atoms with E-state index in [0.29, 0.717) is 6.42 Å². The molecule has 2 rings (SSSR count). The smallest absolute Gasteiger partial charge is 0.137 e.